The molecule has 0 bridgehead atoms. The number of benzene rings is 2. The molecule has 0 aliphatic carbocycles. The molecule has 4 N–H and O–H groups in total. The zero-order valence-corrected chi connectivity index (χ0v) is 35.7. The van der Waals surface area contributed by atoms with E-state index in [1.165, 1.54) is 18.4 Å². The summed E-state index contributed by atoms with van der Waals surface area (Å²) in [5, 5.41) is 22.3. The molecule has 5 atom stereocenters. The Morgan fingerprint density at radius 1 is 1.00 bits per heavy atom. The second-order valence-corrected chi connectivity index (χ2v) is 16.9. The van der Waals surface area contributed by atoms with Crippen LogP contribution in [-0.2, 0) is 45.2 Å². The quantitative estimate of drug-likeness (QED) is 0.123. The summed E-state index contributed by atoms with van der Waals surface area (Å²) in [6.45, 7) is 15.1. The van der Waals surface area contributed by atoms with Crippen molar-refractivity contribution in [1.29, 1.82) is 0 Å². The van der Waals surface area contributed by atoms with Gasteiger partial charge in [-0.3, -0.25) is 15.0 Å². The van der Waals surface area contributed by atoms with Gasteiger partial charge in [-0.1, -0.05) is 89.6 Å². The Morgan fingerprint density at radius 2 is 1.72 bits per heavy atom. The Bertz CT molecular complexity index is 1800. The van der Waals surface area contributed by atoms with E-state index in [4.69, 9.17) is 9.47 Å². The highest BCUT2D eigenvalue weighted by Crippen LogP contribution is 2.24. The topological polar surface area (TPSA) is 166 Å². The number of ether oxygens (including phenoxy) is 2. The number of aliphatic hydroxyl groups is 1. The summed E-state index contributed by atoms with van der Waals surface area (Å²) in [6, 6.07) is 12.7. The van der Waals surface area contributed by atoms with Crippen molar-refractivity contribution in [3.8, 4) is 0 Å². The van der Waals surface area contributed by atoms with Crippen LogP contribution in [0.2, 0.25) is 0 Å². The molecule has 1 aliphatic rings. The SMILES string of the molecule is CC[C@H](C)[C@@H](C(=O)N[C@@H](Cc1ccccc1)[C@@H](O)CN(Cc1ccc(C)c(C)c1)NC(=O)[C@@H](NC(=O)OC)C(C)(C)C)N1CCN(Cc2csc(COC)n2)C1=O. The van der Waals surface area contributed by atoms with Crippen LogP contribution in [-0.4, -0.2) is 107 Å². The molecule has 2 heterocycles. The number of aromatic nitrogens is 1. The third kappa shape index (κ3) is 12.7. The third-order valence-electron chi connectivity index (χ3n) is 10.4. The van der Waals surface area contributed by atoms with Gasteiger partial charge in [-0.05, 0) is 53.9 Å². The van der Waals surface area contributed by atoms with E-state index in [9.17, 15) is 24.3 Å². The first-order valence-electron chi connectivity index (χ1n) is 19.5. The van der Waals surface area contributed by atoms with E-state index in [0.29, 0.717) is 32.7 Å². The van der Waals surface area contributed by atoms with E-state index in [2.05, 4.69) is 21.0 Å². The van der Waals surface area contributed by atoms with Gasteiger partial charge in [0.2, 0.25) is 5.91 Å². The number of amides is 5. The molecular formula is C42H61N7O7S. The lowest BCUT2D eigenvalue weighted by Gasteiger charge is -2.36. The number of nitrogens with zero attached hydrogens (tertiary/aromatic N) is 4. The standard InChI is InChI=1S/C42H61N7O7S/c1-10-27(2)36(49-19-18-47(41(49)54)23-32-26-57-35(43-32)25-55-8)38(51)44-33(21-30-14-12-11-13-15-30)34(50)24-48(22-31-17-16-28(3)29(4)20-31)46-39(52)37(42(5,6)7)45-40(53)56-9/h11-17,20,26-27,33-34,36-37,50H,10,18-19,21-25H2,1-9H3,(H,44,51)(H,45,53)(H,46,52)/t27-,33-,34-,36-,37+/m0/s1. The lowest BCUT2D eigenvalue weighted by molar-refractivity contribution is -0.132. The monoisotopic (exact) mass is 807 g/mol. The molecule has 1 aliphatic heterocycles. The molecule has 0 saturated carbocycles. The number of nitrogens with one attached hydrogen (secondary N) is 3. The molecule has 0 radical (unpaired) electrons. The number of aryl methyl sites for hydroxylation is 2. The summed E-state index contributed by atoms with van der Waals surface area (Å²) in [7, 11) is 2.85. The van der Waals surface area contributed by atoms with Crippen molar-refractivity contribution >= 4 is 35.3 Å². The lowest BCUT2D eigenvalue weighted by atomic mass is 9.86. The van der Waals surface area contributed by atoms with Crippen LogP contribution in [0.25, 0.3) is 0 Å². The summed E-state index contributed by atoms with van der Waals surface area (Å²) in [6.07, 6.45) is -0.998. The normalized spacial score (nSPS) is 15.9. The van der Waals surface area contributed by atoms with Crippen LogP contribution in [0.15, 0.2) is 53.9 Å². The number of urea groups is 1. The molecule has 57 heavy (non-hydrogen) atoms. The number of carbonyl (C=O) groups excluding carboxylic acids is 4. The maximum Gasteiger partial charge on any atom is 0.407 e. The number of thiazole rings is 1. The maximum atomic E-state index is 14.5. The van der Waals surface area contributed by atoms with Crippen LogP contribution in [0, 0.1) is 25.2 Å². The Hall–Kier alpha value is -4.57. The third-order valence-corrected chi connectivity index (χ3v) is 11.3. The lowest BCUT2D eigenvalue weighted by Crippen LogP contribution is -2.60. The fourth-order valence-corrected chi connectivity index (χ4v) is 7.62. The number of alkyl carbamates (subject to hydrolysis) is 1. The smallest absolute Gasteiger partial charge is 0.407 e. The number of aliphatic hydroxyl groups excluding tert-OH is 1. The van der Waals surface area contributed by atoms with E-state index in [-0.39, 0.29) is 37.4 Å². The first kappa shape index (κ1) is 45.1. The van der Waals surface area contributed by atoms with E-state index in [0.717, 1.165) is 33.0 Å². The van der Waals surface area contributed by atoms with Gasteiger partial charge in [0.15, 0.2) is 0 Å². The number of rotatable bonds is 19. The van der Waals surface area contributed by atoms with Crippen LogP contribution < -0.4 is 16.1 Å². The summed E-state index contributed by atoms with van der Waals surface area (Å²) in [5.41, 5.74) is 7.01. The Kier molecular flexibility index (Phi) is 16.4. The highest BCUT2D eigenvalue weighted by atomic mass is 32.1. The van der Waals surface area contributed by atoms with Gasteiger partial charge in [0.05, 0.1) is 38.1 Å². The van der Waals surface area contributed by atoms with Gasteiger partial charge in [-0.2, -0.15) is 0 Å². The van der Waals surface area contributed by atoms with Crippen LogP contribution >= 0.6 is 11.3 Å². The van der Waals surface area contributed by atoms with Gasteiger partial charge in [-0.15, -0.1) is 11.3 Å². The number of carbonyl (C=O) groups is 4. The Balaban J connectivity index is 1.61. The van der Waals surface area contributed by atoms with Crippen molar-refractivity contribution in [2.24, 2.45) is 11.3 Å². The van der Waals surface area contributed by atoms with Gasteiger partial charge in [0.1, 0.15) is 17.1 Å². The summed E-state index contributed by atoms with van der Waals surface area (Å²) in [5.74, 6) is -1.04. The largest absolute Gasteiger partial charge is 0.453 e. The second-order valence-electron chi connectivity index (χ2n) is 16.0. The zero-order chi connectivity index (χ0) is 41.9. The highest BCUT2D eigenvalue weighted by molar-refractivity contribution is 7.09. The summed E-state index contributed by atoms with van der Waals surface area (Å²) < 4.78 is 10.0. The number of hydrogen-bond donors (Lipinski definition) is 4. The Morgan fingerprint density at radius 3 is 2.35 bits per heavy atom. The van der Waals surface area contributed by atoms with E-state index in [1.807, 2.05) is 102 Å². The molecule has 14 nitrogen and oxygen atoms in total. The highest BCUT2D eigenvalue weighted by Gasteiger charge is 2.41. The minimum atomic E-state index is -1.18. The van der Waals surface area contributed by atoms with Crippen molar-refractivity contribution in [2.75, 3.05) is 33.9 Å². The Labute approximate surface area is 341 Å². The van der Waals surface area contributed by atoms with E-state index < -0.39 is 41.6 Å². The van der Waals surface area contributed by atoms with Crippen LogP contribution in [0.3, 0.4) is 0 Å². The van der Waals surface area contributed by atoms with Crippen LogP contribution in [0.5, 0.6) is 0 Å². The summed E-state index contributed by atoms with van der Waals surface area (Å²) in [4.78, 5) is 62.5. The molecule has 312 valence electrons. The molecule has 1 saturated heterocycles. The number of hydrazine groups is 1. The number of methoxy groups -OCH3 is 2. The van der Waals surface area contributed by atoms with Crippen molar-refractivity contribution < 1.29 is 33.8 Å². The van der Waals surface area contributed by atoms with Gasteiger partial charge < -0.3 is 35.0 Å². The molecule has 0 spiro atoms. The molecule has 4 rings (SSSR count). The van der Waals surface area contributed by atoms with Gasteiger partial charge in [0.25, 0.3) is 5.91 Å². The maximum absolute atomic E-state index is 14.5. The van der Waals surface area contributed by atoms with Crippen molar-refractivity contribution in [3.63, 3.8) is 0 Å². The molecular weight excluding hydrogens is 747 g/mol. The first-order chi connectivity index (χ1) is 27.0. The molecule has 1 aromatic heterocycles. The van der Waals surface area contributed by atoms with Crippen molar-refractivity contribution in [1.82, 2.24) is 35.9 Å². The van der Waals surface area contributed by atoms with Crippen molar-refractivity contribution in [2.45, 2.75) is 105 Å². The zero-order valence-electron chi connectivity index (χ0n) is 34.8. The fraction of sp³-hybridized carbons (Fsp3) is 0.548. The average molecular weight is 808 g/mol. The average Bonchev–Trinajstić information content (AvgIpc) is 3.76. The van der Waals surface area contributed by atoms with E-state index >= 15 is 0 Å². The molecule has 0 unspecified atom stereocenters. The fourth-order valence-electron chi connectivity index (χ4n) is 6.86. The van der Waals surface area contributed by atoms with Gasteiger partial charge in [-0.25, -0.2) is 19.6 Å². The van der Waals surface area contributed by atoms with Crippen molar-refractivity contribution in [3.05, 3.63) is 86.9 Å². The van der Waals surface area contributed by atoms with Crippen LogP contribution in [0.1, 0.15) is 74.0 Å². The number of hydrogen-bond acceptors (Lipinski definition) is 10. The van der Waals surface area contributed by atoms with Gasteiger partial charge in [0, 0.05) is 38.7 Å². The minimum Gasteiger partial charge on any atom is -0.453 e. The molecule has 2 aromatic carbocycles. The van der Waals surface area contributed by atoms with E-state index in [1.54, 1.807) is 21.9 Å². The predicted molar refractivity (Wildman–Crippen MR) is 220 cm³/mol. The predicted octanol–water partition coefficient (Wildman–Crippen LogP) is 4.95. The minimum absolute atomic E-state index is 0.0747. The molecule has 3 aromatic rings. The van der Waals surface area contributed by atoms with Gasteiger partial charge >= 0.3 is 12.1 Å². The molecule has 1 fully saturated rings. The summed E-state index contributed by atoms with van der Waals surface area (Å²) >= 11 is 1.48. The van der Waals surface area contributed by atoms with Crippen LogP contribution in [0.4, 0.5) is 9.59 Å². The molecule has 15 heteroatoms. The first-order valence-corrected chi connectivity index (χ1v) is 20.4. The second kappa shape index (κ2) is 20.7. The molecule has 5 amide bonds.